The summed E-state index contributed by atoms with van der Waals surface area (Å²) in [4.78, 5) is 0.264. The van der Waals surface area contributed by atoms with Gasteiger partial charge in [-0.15, -0.1) is 5.10 Å². The van der Waals surface area contributed by atoms with E-state index >= 15 is 0 Å². The van der Waals surface area contributed by atoms with Crippen molar-refractivity contribution < 1.29 is 4.42 Å². The fraction of sp³-hybridized carbons (Fsp3) is 0.353. The van der Waals surface area contributed by atoms with E-state index in [1.165, 1.54) is 11.1 Å². The average Bonchev–Trinajstić information content (AvgIpc) is 3.04. The molecule has 2 heterocycles. The number of aromatic amines is 1. The molecule has 0 fully saturated rings. The lowest BCUT2D eigenvalue weighted by Crippen LogP contribution is -2.13. The van der Waals surface area contributed by atoms with E-state index in [0.29, 0.717) is 12.4 Å². The molecule has 6 heteroatoms. The van der Waals surface area contributed by atoms with Crippen LogP contribution in [0.1, 0.15) is 37.6 Å². The van der Waals surface area contributed by atoms with Gasteiger partial charge in [0.2, 0.25) is 0 Å². The SMILES string of the molecule is Cc1cccc(Cn2nc(C(C)(C)C)cc2-c2n[nH]c(=S)o2)c1. The summed E-state index contributed by atoms with van der Waals surface area (Å²) >= 11 is 4.99. The molecule has 0 spiro atoms. The maximum absolute atomic E-state index is 5.48. The van der Waals surface area contributed by atoms with Gasteiger partial charge >= 0.3 is 0 Å². The number of nitrogens with one attached hydrogen (secondary N) is 1. The molecule has 0 radical (unpaired) electrons. The van der Waals surface area contributed by atoms with Gasteiger partial charge in [0.1, 0.15) is 5.69 Å². The third kappa shape index (κ3) is 3.42. The second-order valence-electron chi connectivity index (χ2n) is 6.73. The zero-order valence-corrected chi connectivity index (χ0v) is 14.6. The van der Waals surface area contributed by atoms with Gasteiger partial charge in [0, 0.05) is 5.41 Å². The van der Waals surface area contributed by atoms with Crippen LogP contribution in [-0.2, 0) is 12.0 Å². The molecule has 0 aliphatic heterocycles. The van der Waals surface area contributed by atoms with Gasteiger partial charge in [0.15, 0.2) is 0 Å². The monoisotopic (exact) mass is 328 g/mol. The normalized spacial score (nSPS) is 11.8. The van der Waals surface area contributed by atoms with Crippen molar-refractivity contribution >= 4 is 12.2 Å². The first kappa shape index (κ1) is 15.7. The van der Waals surface area contributed by atoms with Gasteiger partial charge in [0.25, 0.3) is 10.7 Å². The van der Waals surface area contributed by atoms with Crippen molar-refractivity contribution in [1.29, 1.82) is 0 Å². The summed E-state index contributed by atoms with van der Waals surface area (Å²) in [6, 6.07) is 10.4. The van der Waals surface area contributed by atoms with Gasteiger partial charge in [-0.1, -0.05) is 50.6 Å². The van der Waals surface area contributed by atoms with Crippen molar-refractivity contribution in [3.8, 4) is 11.6 Å². The van der Waals surface area contributed by atoms with Gasteiger partial charge in [-0.3, -0.25) is 4.68 Å². The second kappa shape index (κ2) is 5.77. The highest BCUT2D eigenvalue weighted by Crippen LogP contribution is 2.27. The van der Waals surface area contributed by atoms with Crippen molar-refractivity contribution in [2.45, 2.75) is 39.7 Å². The minimum atomic E-state index is -0.0558. The molecular formula is C17H20N4OS. The number of hydrogen-bond acceptors (Lipinski definition) is 4. The number of rotatable bonds is 3. The van der Waals surface area contributed by atoms with Crippen molar-refractivity contribution in [3.63, 3.8) is 0 Å². The molecule has 120 valence electrons. The number of hydrogen-bond donors (Lipinski definition) is 1. The lowest BCUT2D eigenvalue weighted by atomic mass is 9.92. The predicted octanol–water partition coefficient (Wildman–Crippen LogP) is 4.25. The topological polar surface area (TPSA) is 59.6 Å². The smallest absolute Gasteiger partial charge is 0.284 e. The van der Waals surface area contributed by atoms with E-state index in [0.717, 1.165) is 11.4 Å². The van der Waals surface area contributed by atoms with E-state index in [1.807, 2.05) is 10.7 Å². The Morgan fingerprint density at radius 2 is 2.04 bits per heavy atom. The maximum Gasteiger partial charge on any atom is 0.284 e. The highest BCUT2D eigenvalue weighted by molar-refractivity contribution is 7.71. The predicted molar refractivity (Wildman–Crippen MR) is 91.9 cm³/mol. The first-order chi connectivity index (χ1) is 10.8. The molecule has 0 bridgehead atoms. The van der Waals surface area contributed by atoms with Crippen LogP contribution in [0.25, 0.3) is 11.6 Å². The van der Waals surface area contributed by atoms with Gasteiger partial charge in [-0.2, -0.15) is 5.10 Å². The number of aromatic nitrogens is 4. The first-order valence-corrected chi connectivity index (χ1v) is 7.93. The van der Waals surface area contributed by atoms with Crippen LogP contribution in [0.3, 0.4) is 0 Å². The minimum Gasteiger partial charge on any atom is -0.408 e. The molecule has 2 aromatic heterocycles. The van der Waals surface area contributed by atoms with Crippen molar-refractivity contribution in [1.82, 2.24) is 20.0 Å². The molecule has 3 aromatic rings. The fourth-order valence-electron chi connectivity index (χ4n) is 2.40. The molecule has 0 saturated carbocycles. The number of aryl methyl sites for hydroxylation is 1. The Hall–Kier alpha value is -2.21. The van der Waals surface area contributed by atoms with E-state index in [-0.39, 0.29) is 10.3 Å². The quantitative estimate of drug-likeness (QED) is 0.730. The molecule has 0 saturated heterocycles. The average molecular weight is 328 g/mol. The van der Waals surface area contributed by atoms with Crippen LogP contribution in [0.2, 0.25) is 0 Å². The van der Waals surface area contributed by atoms with Crippen LogP contribution in [0.15, 0.2) is 34.7 Å². The molecule has 23 heavy (non-hydrogen) atoms. The molecule has 0 amide bonds. The standard InChI is InChI=1S/C17H20N4OS/c1-11-6-5-7-12(8-11)10-21-13(15-18-19-16(23)22-15)9-14(20-21)17(2,3)4/h5-9H,10H2,1-4H3,(H,19,23). The first-order valence-electron chi connectivity index (χ1n) is 7.53. The second-order valence-corrected chi connectivity index (χ2v) is 7.10. The van der Waals surface area contributed by atoms with E-state index in [9.17, 15) is 0 Å². The van der Waals surface area contributed by atoms with E-state index in [2.05, 4.69) is 62.2 Å². The van der Waals surface area contributed by atoms with Gasteiger partial charge in [0.05, 0.1) is 12.2 Å². The summed E-state index contributed by atoms with van der Waals surface area (Å²) in [5.74, 6) is 0.464. The number of H-pyrrole nitrogens is 1. The molecule has 1 aromatic carbocycles. The fourth-order valence-corrected chi connectivity index (χ4v) is 2.52. The van der Waals surface area contributed by atoms with Crippen LogP contribution < -0.4 is 0 Å². The Bertz CT molecular complexity index is 882. The molecule has 1 N–H and O–H groups in total. The van der Waals surface area contributed by atoms with Crippen molar-refractivity contribution in [2.24, 2.45) is 0 Å². The summed E-state index contributed by atoms with van der Waals surface area (Å²) < 4.78 is 7.41. The van der Waals surface area contributed by atoms with Crippen LogP contribution in [0.4, 0.5) is 0 Å². The van der Waals surface area contributed by atoms with Crippen LogP contribution in [0, 0.1) is 11.8 Å². The molecular weight excluding hydrogens is 308 g/mol. The zero-order valence-electron chi connectivity index (χ0n) is 13.8. The third-order valence-corrected chi connectivity index (χ3v) is 3.80. The molecule has 3 rings (SSSR count). The highest BCUT2D eigenvalue weighted by Gasteiger charge is 2.22. The van der Waals surface area contributed by atoms with Crippen LogP contribution >= 0.6 is 12.2 Å². The van der Waals surface area contributed by atoms with E-state index in [4.69, 9.17) is 21.7 Å². The lowest BCUT2D eigenvalue weighted by Gasteiger charge is -2.14. The Morgan fingerprint density at radius 1 is 1.26 bits per heavy atom. The summed E-state index contributed by atoms with van der Waals surface area (Å²) in [7, 11) is 0. The van der Waals surface area contributed by atoms with Gasteiger partial charge in [-0.25, -0.2) is 5.10 Å². The molecule has 0 aliphatic rings. The van der Waals surface area contributed by atoms with Gasteiger partial charge < -0.3 is 4.42 Å². The summed E-state index contributed by atoms with van der Waals surface area (Å²) in [5.41, 5.74) is 4.17. The minimum absolute atomic E-state index is 0.0558. The van der Waals surface area contributed by atoms with Gasteiger partial charge in [-0.05, 0) is 30.8 Å². The number of benzene rings is 1. The third-order valence-electron chi connectivity index (χ3n) is 3.62. The van der Waals surface area contributed by atoms with E-state index < -0.39 is 0 Å². The van der Waals surface area contributed by atoms with Crippen molar-refractivity contribution in [2.75, 3.05) is 0 Å². The Balaban J connectivity index is 2.07. The summed E-state index contributed by atoms with van der Waals surface area (Å²) in [5, 5.41) is 11.6. The highest BCUT2D eigenvalue weighted by atomic mass is 32.1. The molecule has 0 aliphatic carbocycles. The van der Waals surface area contributed by atoms with Crippen LogP contribution in [0.5, 0.6) is 0 Å². The Kier molecular flexibility index (Phi) is 3.93. The largest absolute Gasteiger partial charge is 0.408 e. The zero-order chi connectivity index (χ0) is 16.6. The Morgan fingerprint density at radius 3 is 2.65 bits per heavy atom. The summed E-state index contributed by atoms with van der Waals surface area (Å²) in [6.45, 7) is 9.14. The lowest BCUT2D eigenvalue weighted by molar-refractivity contribution is 0.532. The maximum atomic E-state index is 5.48. The van der Waals surface area contributed by atoms with E-state index in [1.54, 1.807) is 0 Å². The molecule has 0 unspecified atom stereocenters. The number of nitrogens with zero attached hydrogens (tertiary/aromatic N) is 3. The van der Waals surface area contributed by atoms with Crippen LogP contribution in [-0.4, -0.2) is 20.0 Å². The summed E-state index contributed by atoms with van der Waals surface area (Å²) in [6.07, 6.45) is 0. The molecule has 5 nitrogen and oxygen atoms in total. The Labute approximate surface area is 140 Å². The van der Waals surface area contributed by atoms with Crippen molar-refractivity contribution in [3.05, 3.63) is 52.0 Å². The molecule has 0 atom stereocenters.